The summed E-state index contributed by atoms with van der Waals surface area (Å²) < 4.78 is 10.9. The van der Waals surface area contributed by atoms with Crippen LogP contribution in [0.1, 0.15) is 23.2 Å². The molecule has 1 saturated heterocycles. The van der Waals surface area contributed by atoms with Gasteiger partial charge in [0.05, 0.1) is 23.4 Å². The lowest BCUT2D eigenvalue weighted by molar-refractivity contribution is 0.0125. The topological polar surface area (TPSA) is 79.8 Å². The first-order valence-electron chi connectivity index (χ1n) is 7.25. The first-order chi connectivity index (χ1) is 10.2. The summed E-state index contributed by atoms with van der Waals surface area (Å²) in [6, 6.07) is 5.46. The van der Waals surface area contributed by atoms with E-state index in [1.807, 2.05) is 12.1 Å². The Labute approximate surface area is 123 Å². The maximum Gasteiger partial charge on any atom is 0.255 e. The molecule has 0 spiro atoms. The van der Waals surface area contributed by atoms with E-state index in [0.29, 0.717) is 44.0 Å². The predicted octanol–water partition coefficient (Wildman–Crippen LogP) is 0.762. The number of amides is 1. The molecule has 0 unspecified atom stereocenters. The fourth-order valence-electron chi connectivity index (χ4n) is 2.74. The second-order valence-corrected chi connectivity index (χ2v) is 5.46. The van der Waals surface area contributed by atoms with Gasteiger partial charge in [-0.05, 0) is 25.0 Å². The minimum Gasteiger partial charge on any atom is -0.489 e. The van der Waals surface area contributed by atoms with Crippen molar-refractivity contribution in [3.8, 4) is 5.75 Å². The van der Waals surface area contributed by atoms with Crippen LogP contribution in [0, 0.1) is 0 Å². The Morgan fingerprint density at radius 3 is 2.90 bits per heavy atom. The van der Waals surface area contributed by atoms with E-state index in [4.69, 9.17) is 9.47 Å². The Bertz CT molecular complexity index is 526. The highest BCUT2D eigenvalue weighted by atomic mass is 16.5. The van der Waals surface area contributed by atoms with E-state index in [-0.39, 0.29) is 12.5 Å². The summed E-state index contributed by atoms with van der Waals surface area (Å²) in [6.45, 7) is 2.28. The molecule has 2 aliphatic heterocycles. The third-order valence-electron chi connectivity index (χ3n) is 4.05. The van der Waals surface area contributed by atoms with Gasteiger partial charge in [0.1, 0.15) is 6.61 Å². The van der Waals surface area contributed by atoms with Gasteiger partial charge < -0.3 is 25.2 Å². The number of aliphatic hydroxyl groups excluding tert-OH is 1. The van der Waals surface area contributed by atoms with Crippen LogP contribution in [0.3, 0.4) is 0 Å². The number of aliphatic hydroxyl groups is 1. The maximum absolute atomic E-state index is 12.6. The second kappa shape index (κ2) is 5.91. The molecule has 1 aromatic rings. The van der Waals surface area contributed by atoms with E-state index in [0.717, 1.165) is 12.2 Å². The van der Waals surface area contributed by atoms with Crippen LogP contribution in [0.4, 0.5) is 5.69 Å². The fourth-order valence-corrected chi connectivity index (χ4v) is 2.74. The van der Waals surface area contributed by atoms with Crippen LogP contribution in [0.5, 0.6) is 5.75 Å². The van der Waals surface area contributed by atoms with E-state index in [1.54, 1.807) is 6.07 Å². The van der Waals surface area contributed by atoms with Gasteiger partial charge in [0.2, 0.25) is 0 Å². The lowest BCUT2D eigenvalue weighted by Crippen LogP contribution is -2.54. The number of benzene rings is 1. The van der Waals surface area contributed by atoms with Crippen molar-refractivity contribution in [3.05, 3.63) is 23.8 Å². The molecule has 3 N–H and O–H groups in total. The quantitative estimate of drug-likeness (QED) is 0.766. The molecule has 0 radical (unpaired) electrons. The molecule has 0 saturated carbocycles. The number of rotatable bonds is 3. The predicted molar refractivity (Wildman–Crippen MR) is 77.8 cm³/mol. The summed E-state index contributed by atoms with van der Waals surface area (Å²) in [7, 11) is 0. The fraction of sp³-hybridized carbons (Fsp3) is 0.533. The van der Waals surface area contributed by atoms with Crippen molar-refractivity contribution in [1.82, 2.24) is 5.32 Å². The van der Waals surface area contributed by atoms with E-state index in [2.05, 4.69) is 10.6 Å². The highest BCUT2D eigenvalue weighted by Gasteiger charge is 2.34. The second-order valence-electron chi connectivity index (χ2n) is 5.46. The molecular weight excluding hydrogens is 272 g/mol. The molecule has 2 aliphatic rings. The number of hydrogen-bond acceptors (Lipinski definition) is 5. The van der Waals surface area contributed by atoms with Gasteiger partial charge in [-0.15, -0.1) is 0 Å². The van der Waals surface area contributed by atoms with Crippen LogP contribution in [0.25, 0.3) is 0 Å². The highest BCUT2D eigenvalue weighted by Crippen LogP contribution is 2.32. The third kappa shape index (κ3) is 2.82. The number of nitrogens with one attached hydrogen (secondary N) is 2. The van der Waals surface area contributed by atoms with Crippen molar-refractivity contribution < 1.29 is 19.4 Å². The minimum atomic E-state index is -0.597. The molecule has 1 amide bonds. The average molecular weight is 292 g/mol. The first kappa shape index (κ1) is 14.2. The van der Waals surface area contributed by atoms with Crippen molar-refractivity contribution in [3.63, 3.8) is 0 Å². The summed E-state index contributed by atoms with van der Waals surface area (Å²) in [5.74, 6) is 0.368. The van der Waals surface area contributed by atoms with Crippen molar-refractivity contribution in [2.45, 2.75) is 18.4 Å². The van der Waals surface area contributed by atoms with Gasteiger partial charge in [-0.25, -0.2) is 0 Å². The van der Waals surface area contributed by atoms with Crippen LogP contribution in [-0.2, 0) is 4.74 Å². The monoisotopic (exact) mass is 292 g/mol. The molecule has 0 aromatic heterocycles. The summed E-state index contributed by atoms with van der Waals surface area (Å²) in [5.41, 5.74) is 0.734. The van der Waals surface area contributed by atoms with Gasteiger partial charge in [0, 0.05) is 19.8 Å². The molecule has 0 bridgehead atoms. The minimum absolute atomic E-state index is 0.0871. The Kier molecular flexibility index (Phi) is 3.98. The van der Waals surface area contributed by atoms with Gasteiger partial charge in [-0.1, -0.05) is 6.07 Å². The normalized spacial score (nSPS) is 19.9. The highest BCUT2D eigenvalue weighted by molar-refractivity contribution is 5.99. The van der Waals surface area contributed by atoms with Crippen LogP contribution in [0.2, 0.25) is 0 Å². The van der Waals surface area contributed by atoms with Gasteiger partial charge in [0.15, 0.2) is 5.75 Å². The number of para-hydroxylation sites is 1. The molecule has 114 valence electrons. The van der Waals surface area contributed by atoms with E-state index >= 15 is 0 Å². The van der Waals surface area contributed by atoms with E-state index < -0.39 is 5.54 Å². The molecule has 6 nitrogen and oxygen atoms in total. The third-order valence-corrected chi connectivity index (χ3v) is 4.05. The average Bonchev–Trinajstić information content (AvgIpc) is 2.55. The Balaban J connectivity index is 1.82. The van der Waals surface area contributed by atoms with Crippen LogP contribution < -0.4 is 15.4 Å². The van der Waals surface area contributed by atoms with Crippen LogP contribution in [-0.4, -0.2) is 49.5 Å². The van der Waals surface area contributed by atoms with Crippen molar-refractivity contribution in [2.24, 2.45) is 0 Å². The van der Waals surface area contributed by atoms with Crippen LogP contribution >= 0.6 is 0 Å². The number of fused-ring (bicyclic) bond motifs is 1. The standard InChI is InChI=1S/C15H20N2O4/c18-10-15(4-7-20-8-5-15)17-14(19)11-2-1-3-12-13(11)21-9-6-16-12/h1-3,16,18H,4-10H2,(H,17,19). The molecule has 1 fully saturated rings. The molecule has 0 aliphatic carbocycles. The zero-order chi connectivity index (χ0) is 14.7. The van der Waals surface area contributed by atoms with Gasteiger partial charge in [-0.2, -0.15) is 0 Å². The number of carbonyl (C=O) groups excluding carboxylic acids is 1. The molecule has 1 aromatic carbocycles. The summed E-state index contributed by atoms with van der Waals surface area (Å²) in [4.78, 5) is 12.6. The number of carbonyl (C=O) groups is 1. The zero-order valence-electron chi connectivity index (χ0n) is 11.9. The lowest BCUT2D eigenvalue weighted by Gasteiger charge is -2.36. The molecule has 2 heterocycles. The summed E-state index contributed by atoms with van der Waals surface area (Å²) in [5, 5.41) is 15.8. The van der Waals surface area contributed by atoms with Crippen molar-refractivity contribution >= 4 is 11.6 Å². The van der Waals surface area contributed by atoms with Crippen LogP contribution in [0.15, 0.2) is 18.2 Å². The van der Waals surface area contributed by atoms with E-state index in [9.17, 15) is 9.90 Å². The Hall–Kier alpha value is -1.79. The maximum atomic E-state index is 12.6. The number of hydrogen-bond donors (Lipinski definition) is 3. The zero-order valence-corrected chi connectivity index (χ0v) is 11.9. The Morgan fingerprint density at radius 2 is 2.14 bits per heavy atom. The summed E-state index contributed by atoms with van der Waals surface area (Å²) in [6.07, 6.45) is 1.23. The van der Waals surface area contributed by atoms with Gasteiger partial charge in [0.25, 0.3) is 5.91 Å². The molecule has 6 heteroatoms. The molecule has 0 atom stereocenters. The van der Waals surface area contributed by atoms with Gasteiger partial charge >= 0.3 is 0 Å². The van der Waals surface area contributed by atoms with Gasteiger partial charge in [-0.3, -0.25) is 4.79 Å². The molecular formula is C15H20N2O4. The number of anilines is 1. The van der Waals surface area contributed by atoms with E-state index in [1.165, 1.54) is 0 Å². The van der Waals surface area contributed by atoms with Crippen molar-refractivity contribution in [2.75, 3.05) is 38.3 Å². The molecule has 21 heavy (non-hydrogen) atoms. The summed E-state index contributed by atoms with van der Waals surface area (Å²) >= 11 is 0. The number of ether oxygens (including phenoxy) is 2. The first-order valence-corrected chi connectivity index (χ1v) is 7.25. The smallest absolute Gasteiger partial charge is 0.255 e. The largest absolute Gasteiger partial charge is 0.489 e. The molecule has 3 rings (SSSR count). The Morgan fingerprint density at radius 1 is 1.33 bits per heavy atom. The van der Waals surface area contributed by atoms with Crippen molar-refractivity contribution in [1.29, 1.82) is 0 Å². The SMILES string of the molecule is O=C(NC1(CO)CCOCC1)c1cccc2c1OCCN2. The lowest BCUT2D eigenvalue weighted by atomic mass is 9.90.